The summed E-state index contributed by atoms with van der Waals surface area (Å²) in [4.78, 5) is 16.0. The van der Waals surface area contributed by atoms with Gasteiger partial charge in [0, 0.05) is 44.2 Å². The van der Waals surface area contributed by atoms with Gasteiger partial charge in [0.05, 0.1) is 19.1 Å². The lowest BCUT2D eigenvalue weighted by Gasteiger charge is -2.41. The number of likely N-dealkylation sites (tertiary alicyclic amines) is 2. The molecule has 20 heavy (non-hydrogen) atoms. The highest BCUT2D eigenvalue weighted by Gasteiger charge is 2.34. The van der Waals surface area contributed by atoms with Crippen molar-refractivity contribution in [1.29, 1.82) is 0 Å². The number of hydrogen-bond donors (Lipinski definition) is 1. The van der Waals surface area contributed by atoms with Crippen LogP contribution in [0, 0.1) is 17.8 Å². The Morgan fingerprint density at radius 1 is 1.15 bits per heavy atom. The molecule has 1 amide bonds. The maximum absolute atomic E-state index is 12.1. The van der Waals surface area contributed by atoms with E-state index in [1.54, 1.807) is 0 Å². The van der Waals surface area contributed by atoms with E-state index in [9.17, 15) is 4.79 Å². The van der Waals surface area contributed by atoms with E-state index in [1.165, 1.54) is 32.4 Å². The van der Waals surface area contributed by atoms with E-state index in [-0.39, 0.29) is 0 Å². The maximum atomic E-state index is 12.1. The van der Waals surface area contributed by atoms with Crippen molar-refractivity contribution in [2.24, 2.45) is 17.8 Å². The number of hydrogen-bond acceptors (Lipinski definition) is 1. The van der Waals surface area contributed by atoms with Gasteiger partial charge in [0.25, 0.3) is 0 Å². The standard InChI is InChI=1S/C17H32N2O/c1-13(2)9-17(20)18-7-5-16(6-8-18)19-11-14(3)10-15(4)12-19/h13-16H,5-12H2,1-4H3/p+1/t14-,15-/m0/s1. The van der Waals surface area contributed by atoms with Gasteiger partial charge in [-0.3, -0.25) is 4.79 Å². The van der Waals surface area contributed by atoms with E-state index in [2.05, 4.69) is 32.6 Å². The summed E-state index contributed by atoms with van der Waals surface area (Å²) in [7, 11) is 0. The molecule has 2 atom stereocenters. The summed E-state index contributed by atoms with van der Waals surface area (Å²) in [5.74, 6) is 2.59. The molecule has 0 bridgehead atoms. The lowest BCUT2D eigenvalue weighted by molar-refractivity contribution is -0.938. The molecule has 0 aliphatic carbocycles. The van der Waals surface area contributed by atoms with Crippen molar-refractivity contribution >= 4 is 5.91 Å². The molecule has 2 rings (SSSR count). The Kier molecular flexibility index (Phi) is 5.48. The molecule has 0 radical (unpaired) electrons. The summed E-state index contributed by atoms with van der Waals surface area (Å²) < 4.78 is 0. The van der Waals surface area contributed by atoms with Gasteiger partial charge in [-0.05, 0) is 12.3 Å². The monoisotopic (exact) mass is 281 g/mol. The third kappa shape index (κ3) is 4.21. The van der Waals surface area contributed by atoms with Gasteiger partial charge in [-0.25, -0.2) is 0 Å². The third-order valence-corrected chi connectivity index (χ3v) is 5.03. The predicted molar refractivity (Wildman–Crippen MR) is 82.7 cm³/mol. The Hall–Kier alpha value is -0.570. The van der Waals surface area contributed by atoms with Crippen LogP contribution in [0.25, 0.3) is 0 Å². The second-order valence-electron chi connectivity index (χ2n) is 7.77. The molecule has 0 aromatic carbocycles. The van der Waals surface area contributed by atoms with Crippen LogP contribution in [-0.4, -0.2) is 43.0 Å². The van der Waals surface area contributed by atoms with E-state index < -0.39 is 0 Å². The Balaban J connectivity index is 1.80. The number of amides is 1. The molecule has 1 N–H and O–H groups in total. The fourth-order valence-electron chi connectivity index (χ4n) is 4.18. The van der Waals surface area contributed by atoms with Crippen LogP contribution < -0.4 is 4.90 Å². The Bertz CT molecular complexity index is 311. The van der Waals surface area contributed by atoms with Gasteiger partial charge in [-0.1, -0.05) is 27.7 Å². The minimum absolute atomic E-state index is 0.369. The molecule has 2 heterocycles. The first-order chi connectivity index (χ1) is 9.45. The number of quaternary nitrogens is 1. The van der Waals surface area contributed by atoms with Crippen molar-refractivity contribution in [1.82, 2.24) is 4.90 Å². The van der Waals surface area contributed by atoms with Crippen molar-refractivity contribution < 1.29 is 9.69 Å². The summed E-state index contributed by atoms with van der Waals surface area (Å²) in [6.45, 7) is 13.7. The number of rotatable bonds is 3. The highest BCUT2D eigenvalue weighted by molar-refractivity contribution is 5.76. The first kappa shape index (κ1) is 15.8. The largest absolute Gasteiger partial charge is 0.342 e. The van der Waals surface area contributed by atoms with Crippen LogP contribution in [0.3, 0.4) is 0 Å². The zero-order valence-corrected chi connectivity index (χ0v) is 13.8. The normalized spacial score (nSPS) is 32.6. The molecule has 0 aromatic heterocycles. The van der Waals surface area contributed by atoms with E-state index in [0.29, 0.717) is 11.8 Å². The number of carbonyl (C=O) groups excluding carboxylic acids is 1. The molecule has 2 aliphatic heterocycles. The smallest absolute Gasteiger partial charge is 0.222 e. The minimum Gasteiger partial charge on any atom is -0.342 e. The highest BCUT2D eigenvalue weighted by atomic mass is 16.2. The van der Waals surface area contributed by atoms with Crippen LogP contribution in [-0.2, 0) is 4.79 Å². The SMILES string of the molecule is CC(C)CC(=O)N1CCC([NH+]2C[C@@H](C)C[C@H](C)C2)CC1. The van der Waals surface area contributed by atoms with Gasteiger partial charge >= 0.3 is 0 Å². The molecule has 2 aliphatic rings. The van der Waals surface area contributed by atoms with Crippen LogP contribution in [0.15, 0.2) is 0 Å². The van der Waals surface area contributed by atoms with Gasteiger partial charge in [0.15, 0.2) is 0 Å². The second-order valence-corrected chi connectivity index (χ2v) is 7.77. The van der Waals surface area contributed by atoms with Crippen molar-refractivity contribution in [2.45, 2.75) is 59.4 Å². The third-order valence-electron chi connectivity index (χ3n) is 5.03. The summed E-state index contributed by atoms with van der Waals surface area (Å²) in [6, 6.07) is 0.795. The van der Waals surface area contributed by atoms with E-state index in [0.717, 1.165) is 37.4 Å². The summed E-state index contributed by atoms with van der Waals surface area (Å²) in [5, 5.41) is 0. The van der Waals surface area contributed by atoms with Gasteiger partial charge in [-0.2, -0.15) is 0 Å². The van der Waals surface area contributed by atoms with Crippen LogP contribution in [0.5, 0.6) is 0 Å². The average molecular weight is 281 g/mol. The number of nitrogens with zero attached hydrogens (tertiary/aromatic N) is 1. The van der Waals surface area contributed by atoms with Crippen LogP contribution >= 0.6 is 0 Å². The average Bonchev–Trinajstić information content (AvgIpc) is 2.37. The molecule has 116 valence electrons. The first-order valence-corrected chi connectivity index (χ1v) is 8.58. The quantitative estimate of drug-likeness (QED) is 0.835. The van der Waals surface area contributed by atoms with Crippen molar-refractivity contribution in [3.63, 3.8) is 0 Å². The second kappa shape index (κ2) is 6.93. The lowest BCUT2D eigenvalue weighted by Crippen LogP contribution is -3.18. The molecule has 0 aromatic rings. The predicted octanol–water partition coefficient (Wildman–Crippen LogP) is 1.58. The number of nitrogens with one attached hydrogen (secondary N) is 1. The molecule has 0 saturated carbocycles. The van der Waals surface area contributed by atoms with Gasteiger partial charge in [0.1, 0.15) is 0 Å². The lowest BCUT2D eigenvalue weighted by atomic mass is 9.89. The van der Waals surface area contributed by atoms with Crippen LogP contribution in [0.4, 0.5) is 0 Å². The van der Waals surface area contributed by atoms with Crippen molar-refractivity contribution in [3.05, 3.63) is 0 Å². The minimum atomic E-state index is 0.369. The highest BCUT2D eigenvalue weighted by Crippen LogP contribution is 2.16. The first-order valence-electron chi connectivity index (χ1n) is 8.58. The topological polar surface area (TPSA) is 24.8 Å². The zero-order valence-electron chi connectivity index (χ0n) is 13.8. The Labute approximate surface area is 124 Å². The molecule has 3 nitrogen and oxygen atoms in total. The van der Waals surface area contributed by atoms with Crippen molar-refractivity contribution in [2.75, 3.05) is 26.2 Å². The van der Waals surface area contributed by atoms with Gasteiger partial charge in [0.2, 0.25) is 5.91 Å². The molecular weight excluding hydrogens is 248 g/mol. The van der Waals surface area contributed by atoms with E-state index >= 15 is 0 Å². The van der Waals surface area contributed by atoms with Crippen LogP contribution in [0.1, 0.15) is 53.4 Å². The number of piperidine rings is 2. The molecule has 2 saturated heterocycles. The van der Waals surface area contributed by atoms with Gasteiger partial charge in [-0.15, -0.1) is 0 Å². The number of carbonyl (C=O) groups is 1. The molecule has 3 heteroatoms. The molecular formula is C17H33N2O+. The molecule has 0 spiro atoms. The summed E-state index contributed by atoms with van der Waals surface area (Å²) in [6.07, 6.45) is 4.53. The Morgan fingerprint density at radius 2 is 1.70 bits per heavy atom. The van der Waals surface area contributed by atoms with Gasteiger partial charge < -0.3 is 9.80 Å². The molecule has 0 unspecified atom stereocenters. The molecule has 2 fully saturated rings. The van der Waals surface area contributed by atoms with Crippen molar-refractivity contribution in [3.8, 4) is 0 Å². The Morgan fingerprint density at radius 3 is 2.20 bits per heavy atom. The summed E-state index contributed by atoms with van der Waals surface area (Å²) in [5.41, 5.74) is 0. The van der Waals surface area contributed by atoms with Crippen LogP contribution in [0.2, 0.25) is 0 Å². The maximum Gasteiger partial charge on any atom is 0.222 e. The summed E-state index contributed by atoms with van der Waals surface area (Å²) >= 11 is 0. The van der Waals surface area contributed by atoms with E-state index in [1.807, 2.05) is 4.90 Å². The zero-order chi connectivity index (χ0) is 14.7. The van der Waals surface area contributed by atoms with E-state index in [4.69, 9.17) is 0 Å². The fourth-order valence-corrected chi connectivity index (χ4v) is 4.18. The fraction of sp³-hybridized carbons (Fsp3) is 0.941.